The highest BCUT2D eigenvalue weighted by Crippen LogP contribution is 2.16. The van der Waals surface area contributed by atoms with Crippen LogP contribution in [0.4, 0.5) is 0 Å². The molecule has 1 rings (SSSR count). The Morgan fingerprint density at radius 3 is 2.73 bits per heavy atom. The van der Waals surface area contributed by atoms with Gasteiger partial charge in [-0.1, -0.05) is 41.1 Å². The second kappa shape index (κ2) is 6.90. The molecule has 0 bridgehead atoms. The first-order valence-electron chi connectivity index (χ1n) is 4.77. The van der Waals surface area contributed by atoms with Gasteiger partial charge in [-0.05, 0) is 12.1 Å². The Morgan fingerprint density at radius 2 is 2.13 bits per heavy atom. The Morgan fingerprint density at radius 1 is 1.47 bits per heavy atom. The Balaban J connectivity index is 2.23. The van der Waals surface area contributed by atoms with Gasteiger partial charge in [0, 0.05) is 16.3 Å². The summed E-state index contributed by atoms with van der Waals surface area (Å²) in [4.78, 5) is 12.8. The van der Waals surface area contributed by atoms with Crippen LogP contribution in [0.3, 0.4) is 0 Å². The zero-order chi connectivity index (χ0) is 11.1. The molecule has 1 atom stereocenters. The summed E-state index contributed by atoms with van der Waals surface area (Å²) in [7, 11) is 0. The fourth-order valence-corrected chi connectivity index (χ4v) is 1.88. The summed E-state index contributed by atoms with van der Waals surface area (Å²) in [5, 5.41) is 2.85. The highest BCUT2D eigenvalue weighted by atomic mass is 79.9. The third-order valence-corrected chi connectivity index (χ3v) is 3.03. The minimum atomic E-state index is 0.0788. The van der Waals surface area contributed by atoms with Gasteiger partial charge >= 0.3 is 0 Å². The molecule has 1 aromatic carbocycles. The number of carbonyl (C=O) groups is 1. The normalized spacial score (nSPS) is 12.1. The highest BCUT2D eigenvalue weighted by Gasteiger charge is 2.03. The molecule has 15 heavy (non-hydrogen) atoms. The lowest BCUT2D eigenvalue weighted by atomic mass is 10.4. The topological polar surface area (TPSA) is 29.1 Å². The quantitative estimate of drug-likeness (QED) is 0.666. The van der Waals surface area contributed by atoms with E-state index < -0.39 is 0 Å². The van der Waals surface area contributed by atoms with Crippen molar-refractivity contribution >= 4 is 33.6 Å². The summed E-state index contributed by atoms with van der Waals surface area (Å²) in [5.41, 5.74) is 0. The van der Waals surface area contributed by atoms with Crippen LogP contribution in [0.15, 0.2) is 35.2 Å². The monoisotopic (exact) mass is 287 g/mol. The number of alkyl halides is 1. The van der Waals surface area contributed by atoms with E-state index in [4.69, 9.17) is 0 Å². The molecule has 0 radical (unpaired) electrons. The van der Waals surface area contributed by atoms with Gasteiger partial charge in [-0.15, -0.1) is 11.8 Å². The van der Waals surface area contributed by atoms with Crippen LogP contribution >= 0.6 is 27.7 Å². The first-order valence-corrected chi connectivity index (χ1v) is 6.67. The number of amides is 1. The van der Waals surface area contributed by atoms with E-state index in [1.54, 1.807) is 11.8 Å². The van der Waals surface area contributed by atoms with Gasteiger partial charge in [-0.25, -0.2) is 0 Å². The lowest BCUT2D eigenvalue weighted by Crippen LogP contribution is -2.29. The second-order valence-corrected chi connectivity index (χ2v) is 5.80. The Bertz CT molecular complexity index is 303. The summed E-state index contributed by atoms with van der Waals surface area (Å²) in [6, 6.07) is 9.92. The van der Waals surface area contributed by atoms with Crippen LogP contribution in [-0.2, 0) is 4.79 Å². The van der Waals surface area contributed by atoms with Crippen LogP contribution in [-0.4, -0.2) is 23.0 Å². The number of hydrogen-bond donors (Lipinski definition) is 1. The molecular weight excluding hydrogens is 274 g/mol. The molecule has 1 unspecified atom stereocenters. The molecule has 0 aliphatic rings. The first kappa shape index (κ1) is 12.6. The van der Waals surface area contributed by atoms with E-state index in [1.165, 1.54) is 0 Å². The summed E-state index contributed by atoms with van der Waals surface area (Å²) in [5.74, 6) is 0.555. The maximum absolute atomic E-state index is 11.4. The molecule has 1 N–H and O–H groups in total. The smallest absolute Gasteiger partial charge is 0.230 e. The van der Waals surface area contributed by atoms with Crippen molar-refractivity contribution in [3.8, 4) is 0 Å². The minimum Gasteiger partial charge on any atom is -0.354 e. The molecule has 0 heterocycles. The van der Waals surface area contributed by atoms with Crippen molar-refractivity contribution < 1.29 is 4.79 Å². The Labute approximate surface area is 103 Å². The van der Waals surface area contributed by atoms with Gasteiger partial charge in [0.25, 0.3) is 0 Å². The van der Waals surface area contributed by atoms with Gasteiger partial charge in [-0.3, -0.25) is 4.79 Å². The number of benzene rings is 1. The maximum Gasteiger partial charge on any atom is 0.230 e. The molecule has 0 saturated carbocycles. The molecule has 1 amide bonds. The van der Waals surface area contributed by atoms with E-state index in [9.17, 15) is 4.79 Å². The van der Waals surface area contributed by atoms with Crippen LogP contribution in [0.5, 0.6) is 0 Å². The van der Waals surface area contributed by atoms with Crippen molar-refractivity contribution in [2.75, 3.05) is 12.3 Å². The van der Waals surface area contributed by atoms with E-state index in [-0.39, 0.29) is 5.91 Å². The van der Waals surface area contributed by atoms with Crippen molar-refractivity contribution in [3.63, 3.8) is 0 Å². The molecule has 1 aromatic rings. The SMILES string of the molecule is CC(Br)CNC(=O)CSc1ccccc1. The van der Waals surface area contributed by atoms with Gasteiger partial charge in [-0.2, -0.15) is 0 Å². The van der Waals surface area contributed by atoms with Crippen molar-refractivity contribution in [2.24, 2.45) is 0 Å². The van der Waals surface area contributed by atoms with Crippen molar-refractivity contribution in [2.45, 2.75) is 16.6 Å². The van der Waals surface area contributed by atoms with Crippen LogP contribution in [0.2, 0.25) is 0 Å². The van der Waals surface area contributed by atoms with Gasteiger partial charge in [0.15, 0.2) is 0 Å². The third kappa shape index (κ3) is 5.85. The predicted molar refractivity (Wildman–Crippen MR) is 68.6 cm³/mol. The average molecular weight is 288 g/mol. The van der Waals surface area contributed by atoms with Gasteiger partial charge in [0.05, 0.1) is 5.75 Å². The van der Waals surface area contributed by atoms with E-state index in [0.717, 1.165) is 4.90 Å². The van der Waals surface area contributed by atoms with E-state index in [1.807, 2.05) is 37.3 Å². The molecule has 0 saturated heterocycles. The summed E-state index contributed by atoms with van der Waals surface area (Å²) >= 11 is 4.93. The zero-order valence-corrected chi connectivity index (χ0v) is 11.0. The van der Waals surface area contributed by atoms with Gasteiger partial charge in [0.2, 0.25) is 5.91 Å². The lowest BCUT2D eigenvalue weighted by Gasteiger charge is -2.06. The van der Waals surface area contributed by atoms with Crippen molar-refractivity contribution in [3.05, 3.63) is 30.3 Å². The number of nitrogens with one attached hydrogen (secondary N) is 1. The number of halogens is 1. The Kier molecular flexibility index (Phi) is 5.79. The molecule has 0 aromatic heterocycles. The van der Waals surface area contributed by atoms with Crippen LogP contribution in [0, 0.1) is 0 Å². The van der Waals surface area contributed by atoms with Gasteiger partial charge in [0.1, 0.15) is 0 Å². The molecule has 0 aliphatic carbocycles. The summed E-state index contributed by atoms with van der Waals surface area (Å²) < 4.78 is 0. The van der Waals surface area contributed by atoms with Crippen LogP contribution < -0.4 is 5.32 Å². The average Bonchev–Trinajstić information content (AvgIpc) is 2.25. The second-order valence-electron chi connectivity index (χ2n) is 3.19. The Hall–Kier alpha value is -0.480. The van der Waals surface area contributed by atoms with Crippen LogP contribution in [0.1, 0.15) is 6.92 Å². The van der Waals surface area contributed by atoms with E-state index in [0.29, 0.717) is 17.1 Å². The standard InChI is InChI=1S/C11H14BrNOS/c1-9(12)7-13-11(14)8-15-10-5-3-2-4-6-10/h2-6,9H,7-8H2,1H3,(H,13,14). The summed E-state index contributed by atoms with van der Waals surface area (Å²) in [6.45, 7) is 2.68. The third-order valence-electron chi connectivity index (χ3n) is 1.69. The summed E-state index contributed by atoms with van der Waals surface area (Å²) in [6.07, 6.45) is 0. The maximum atomic E-state index is 11.4. The van der Waals surface area contributed by atoms with Crippen LogP contribution in [0.25, 0.3) is 0 Å². The molecule has 0 spiro atoms. The lowest BCUT2D eigenvalue weighted by molar-refractivity contribution is -0.118. The number of thioether (sulfide) groups is 1. The number of hydrogen-bond acceptors (Lipinski definition) is 2. The molecular formula is C11H14BrNOS. The largest absolute Gasteiger partial charge is 0.354 e. The zero-order valence-electron chi connectivity index (χ0n) is 8.57. The fraction of sp³-hybridized carbons (Fsp3) is 0.364. The minimum absolute atomic E-state index is 0.0788. The van der Waals surface area contributed by atoms with E-state index >= 15 is 0 Å². The molecule has 82 valence electrons. The van der Waals surface area contributed by atoms with Crippen molar-refractivity contribution in [1.29, 1.82) is 0 Å². The predicted octanol–water partition coefficient (Wildman–Crippen LogP) is 2.68. The van der Waals surface area contributed by atoms with Crippen molar-refractivity contribution in [1.82, 2.24) is 5.32 Å². The van der Waals surface area contributed by atoms with E-state index in [2.05, 4.69) is 21.2 Å². The molecule has 0 fully saturated rings. The number of carbonyl (C=O) groups excluding carboxylic acids is 1. The van der Waals surface area contributed by atoms with Gasteiger partial charge < -0.3 is 5.32 Å². The number of rotatable bonds is 5. The fourth-order valence-electron chi connectivity index (χ4n) is 0.971. The first-order chi connectivity index (χ1) is 7.18. The highest BCUT2D eigenvalue weighted by molar-refractivity contribution is 9.09. The molecule has 4 heteroatoms. The molecule has 0 aliphatic heterocycles. The molecule has 2 nitrogen and oxygen atoms in total.